The van der Waals surface area contributed by atoms with Crippen molar-refractivity contribution >= 4 is 0 Å². The molecule has 0 aromatic heterocycles. The lowest BCUT2D eigenvalue weighted by molar-refractivity contribution is 0.135. The Morgan fingerprint density at radius 2 is 1.89 bits per heavy atom. The summed E-state index contributed by atoms with van der Waals surface area (Å²) in [6.45, 7) is 4.57. The van der Waals surface area contributed by atoms with Gasteiger partial charge in [0.25, 0.3) is 0 Å². The van der Waals surface area contributed by atoms with Crippen LogP contribution < -0.4 is 5.73 Å². The lowest BCUT2D eigenvalue weighted by atomic mass is 9.87. The Balaban J connectivity index is 1.95. The molecule has 1 heterocycles. The van der Waals surface area contributed by atoms with Crippen molar-refractivity contribution < 1.29 is 0 Å². The van der Waals surface area contributed by atoms with Gasteiger partial charge in [-0.3, -0.25) is 4.90 Å². The molecule has 2 atom stereocenters. The summed E-state index contributed by atoms with van der Waals surface area (Å²) in [6.07, 6.45) is 5.15. The van der Waals surface area contributed by atoms with Gasteiger partial charge < -0.3 is 5.73 Å². The van der Waals surface area contributed by atoms with Crippen molar-refractivity contribution in [2.24, 2.45) is 5.73 Å². The molecule has 0 bridgehead atoms. The van der Waals surface area contributed by atoms with Crippen LogP contribution >= 0.6 is 0 Å². The van der Waals surface area contributed by atoms with Crippen LogP contribution in [0.25, 0.3) is 0 Å². The molecule has 0 radical (unpaired) electrons. The van der Waals surface area contributed by atoms with E-state index >= 15 is 0 Å². The Morgan fingerprint density at radius 3 is 2.56 bits per heavy atom. The lowest BCUT2D eigenvalue weighted by Gasteiger charge is -2.40. The summed E-state index contributed by atoms with van der Waals surface area (Å²) in [5.74, 6) is 0.814. The van der Waals surface area contributed by atoms with Gasteiger partial charge in [0, 0.05) is 6.04 Å². The van der Waals surface area contributed by atoms with Crippen molar-refractivity contribution in [3.8, 4) is 0 Å². The van der Waals surface area contributed by atoms with Crippen molar-refractivity contribution in [1.29, 1.82) is 0 Å². The summed E-state index contributed by atoms with van der Waals surface area (Å²) in [4.78, 5) is 2.56. The van der Waals surface area contributed by atoms with E-state index in [0.717, 1.165) is 12.5 Å². The van der Waals surface area contributed by atoms with E-state index < -0.39 is 0 Å². The molecular formula is C16H24N2. The van der Waals surface area contributed by atoms with Crippen molar-refractivity contribution in [2.75, 3.05) is 13.1 Å². The van der Waals surface area contributed by atoms with Gasteiger partial charge in [-0.05, 0) is 55.8 Å². The number of benzene rings is 1. The Kier molecular flexibility index (Phi) is 3.40. The minimum absolute atomic E-state index is 0.304. The molecule has 3 rings (SSSR count). The second-order valence-electron chi connectivity index (χ2n) is 5.78. The molecule has 1 saturated carbocycles. The third-order valence-electron chi connectivity index (χ3n) is 4.52. The first-order chi connectivity index (χ1) is 8.81. The summed E-state index contributed by atoms with van der Waals surface area (Å²) >= 11 is 0. The van der Waals surface area contributed by atoms with Crippen LogP contribution in [0.5, 0.6) is 0 Å². The zero-order valence-corrected chi connectivity index (χ0v) is 11.3. The van der Waals surface area contributed by atoms with Gasteiger partial charge >= 0.3 is 0 Å². The van der Waals surface area contributed by atoms with Crippen LogP contribution in [0.3, 0.4) is 0 Å². The molecule has 1 aliphatic heterocycles. The Morgan fingerprint density at radius 1 is 1.17 bits per heavy atom. The van der Waals surface area contributed by atoms with Crippen molar-refractivity contribution in [3.63, 3.8) is 0 Å². The number of likely N-dealkylation sites (tertiary alicyclic amines) is 1. The first-order valence-electron chi connectivity index (χ1n) is 7.39. The molecule has 0 spiro atoms. The highest BCUT2D eigenvalue weighted by atomic mass is 15.2. The summed E-state index contributed by atoms with van der Waals surface area (Å²) in [7, 11) is 0. The summed E-state index contributed by atoms with van der Waals surface area (Å²) in [5, 5.41) is 0. The Hall–Kier alpha value is -0.860. The predicted octanol–water partition coefficient (Wildman–Crippen LogP) is 3.05. The molecule has 0 amide bonds. The fraction of sp³-hybridized carbons (Fsp3) is 0.625. The third kappa shape index (κ3) is 2.19. The van der Waals surface area contributed by atoms with E-state index in [-0.39, 0.29) is 0 Å². The molecule has 1 aromatic rings. The minimum atomic E-state index is 0.304. The van der Waals surface area contributed by atoms with Crippen LogP contribution in [0.1, 0.15) is 55.7 Å². The van der Waals surface area contributed by atoms with Crippen LogP contribution in [-0.4, -0.2) is 24.0 Å². The average Bonchev–Trinajstić information content (AvgIpc) is 3.23. The molecule has 2 nitrogen and oxygen atoms in total. The van der Waals surface area contributed by atoms with Gasteiger partial charge in [0.05, 0.1) is 6.04 Å². The van der Waals surface area contributed by atoms with E-state index in [1.807, 2.05) is 0 Å². The number of nitrogens with two attached hydrogens (primary N) is 1. The van der Waals surface area contributed by atoms with Crippen LogP contribution in [-0.2, 0) is 0 Å². The maximum Gasteiger partial charge on any atom is 0.0501 e. The van der Waals surface area contributed by atoms with Gasteiger partial charge in [-0.1, -0.05) is 31.2 Å². The average molecular weight is 244 g/mol. The molecule has 2 aliphatic rings. The van der Waals surface area contributed by atoms with Crippen LogP contribution in [0.4, 0.5) is 0 Å². The zero-order chi connectivity index (χ0) is 12.5. The van der Waals surface area contributed by atoms with Crippen molar-refractivity contribution in [2.45, 2.75) is 50.6 Å². The fourth-order valence-electron chi connectivity index (χ4n) is 3.43. The molecule has 2 fully saturated rings. The highest BCUT2D eigenvalue weighted by molar-refractivity contribution is 5.36. The van der Waals surface area contributed by atoms with Gasteiger partial charge in [-0.2, -0.15) is 0 Å². The van der Waals surface area contributed by atoms with Crippen LogP contribution in [0, 0.1) is 0 Å². The number of nitrogens with zero attached hydrogens (tertiary/aromatic N) is 1. The lowest BCUT2D eigenvalue weighted by Crippen LogP contribution is -2.46. The van der Waals surface area contributed by atoms with Gasteiger partial charge in [0.15, 0.2) is 0 Å². The second-order valence-corrected chi connectivity index (χ2v) is 5.78. The zero-order valence-electron chi connectivity index (χ0n) is 11.3. The standard InChI is InChI=1S/C16H24N2/c1-2-18-11-5-8-15(17)16(18)14-7-4-3-6-13(14)12-9-10-12/h3-4,6-7,12,15-16H,2,5,8-11,17H2,1H3. The smallest absolute Gasteiger partial charge is 0.0501 e. The largest absolute Gasteiger partial charge is 0.326 e. The van der Waals surface area contributed by atoms with Gasteiger partial charge in [-0.15, -0.1) is 0 Å². The number of rotatable bonds is 3. The third-order valence-corrected chi connectivity index (χ3v) is 4.52. The molecule has 1 aromatic carbocycles. The molecule has 18 heavy (non-hydrogen) atoms. The van der Waals surface area contributed by atoms with Crippen LogP contribution in [0.2, 0.25) is 0 Å². The molecule has 2 heteroatoms. The summed E-state index contributed by atoms with van der Waals surface area (Å²) < 4.78 is 0. The highest BCUT2D eigenvalue weighted by Crippen LogP contribution is 2.44. The quantitative estimate of drug-likeness (QED) is 0.885. The first kappa shape index (κ1) is 12.2. The van der Waals surface area contributed by atoms with Gasteiger partial charge in [0.2, 0.25) is 0 Å². The monoisotopic (exact) mass is 244 g/mol. The molecular weight excluding hydrogens is 220 g/mol. The maximum absolute atomic E-state index is 6.42. The van der Waals surface area contributed by atoms with Crippen molar-refractivity contribution in [1.82, 2.24) is 4.90 Å². The Labute approximate surface area is 110 Å². The Bertz CT molecular complexity index is 411. The second kappa shape index (κ2) is 5.02. The van der Waals surface area contributed by atoms with E-state index in [1.165, 1.54) is 37.8 Å². The van der Waals surface area contributed by atoms with E-state index in [2.05, 4.69) is 36.1 Å². The molecule has 1 saturated heterocycles. The summed E-state index contributed by atoms with van der Waals surface area (Å²) in [6, 6.07) is 9.74. The summed E-state index contributed by atoms with van der Waals surface area (Å²) in [5.41, 5.74) is 9.50. The number of piperidine rings is 1. The topological polar surface area (TPSA) is 29.3 Å². The molecule has 2 unspecified atom stereocenters. The van der Waals surface area contributed by atoms with E-state index in [0.29, 0.717) is 12.1 Å². The van der Waals surface area contributed by atoms with E-state index in [1.54, 1.807) is 5.56 Å². The van der Waals surface area contributed by atoms with Crippen molar-refractivity contribution in [3.05, 3.63) is 35.4 Å². The predicted molar refractivity (Wildman–Crippen MR) is 75.6 cm³/mol. The molecule has 1 aliphatic carbocycles. The number of hydrogen-bond acceptors (Lipinski definition) is 2. The molecule has 98 valence electrons. The maximum atomic E-state index is 6.42. The highest BCUT2D eigenvalue weighted by Gasteiger charge is 2.34. The van der Waals surface area contributed by atoms with Gasteiger partial charge in [0.1, 0.15) is 0 Å². The van der Waals surface area contributed by atoms with E-state index in [4.69, 9.17) is 5.73 Å². The van der Waals surface area contributed by atoms with Crippen LogP contribution in [0.15, 0.2) is 24.3 Å². The van der Waals surface area contributed by atoms with Gasteiger partial charge in [-0.25, -0.2) is 0 Å². The SMILES string of the molecule is CCN1CCCC(N)C1c1ccccc1C1CC1. The number of hydrogen-bond donors (Lipinski definition) is 1. The minimum Gasteiger partial charge on any atom is -0.326 e. The fourth-order valence-corrected chi connectivity index (χ4v) is 3.43. The van der Waals surface area contributed by atoms with E-state index in [9.17, 15) is 0 Å². The first-order valence-corrected chi connectivity index (χ1v) is 7.39. The molecule has 2 N–H and O–H groups in total. The number of likely N-dealkylation sites (N-methyl/N-ethyl adjacent to an activating group) is 1. The normalized spacial score (nSPS) is 29.4.